The summed E-state index contributed by atoms with van der Waals surface area (Å²) in [5.41, 5.74) is -4.75. The summed E-state index contributed by atoms with van der Waals surface area (Å²) < 4.78 is 12.7. The van der Waals surface area contributed by atoms with Crippen LogP contribution in [0, 0.1) is 35.0 Å². The second kappa shape index (κ2) is 12.4. The Bertz CT molecular complexity index is 1150. The van der Waals surface area contributed by atoms with Gasteiger partial charge in [0.25, 0.3) is 0 Å². The molecule has 3 N–H and O–H groups in total. The molecule has 4 aliphatic carbocycles. The average molecular weight is 603 g/mol. The van der Waals surface area contributed by atoms with Crippen LogP contribution in [0.4, 0.5) is 0 Å². The third-order valence-corrected chi connectivity index (χ3v) is 11.5. The molecule has 8 heteroatoms. The molecule has 4 aliphatic rings. The maximum Gasteiger partial charge on any atom is 0.309 e. The minimum atomic E-state index is -1.94. The lowest BCUT2D eigenvalue weighted by atomic mass is 9.59. The van der Waals surface area contributed by atoms with Crippen molar-refractivity contribution in [2.75, 3.05) is 6.61 Å². The Labute approximate surface area is 257 Å². The summed E-state index contributed by atoms with van der Waals surface area (Å²) in [6, 6.07) is 0. The quantitative estimate of drug-likeness (QED) is 0.149. The molecule has 0 unspecified atom stereocenters. The van der Waals surface area contributed by atoms with Gasteiger partial charge in [0.15, 0.2) is 11.4 Å². The number of carbonyl (C=O) groups is 3. The second-order valence-electron chi connectivity index (χ2n) is 14.4. The number of rotatable bonds is 13. The van der Waals surface area contributed by atoms with Gasteiger partial charge in [-0.25, -0.2) is 0 Å². The molecule has 0 saturated heterocycles. The highest BCUT2D eigenvalue weighted by atomic mass is 16.6. The molecule has 242 valence electrons. The van der Waals surface area contributed by atoms with E-state index in [1.54, 1.807) is 32.9 Å². The zero-order valence-corrected chi connectivity index (χ0v) is 27.3. The van der Waals surface area contributed by atoms with Crippen molar-refractivity contribution in [3.63, 3.8) is 0 Å². The smallest absolute Gasteiger partial charge is 0.309 e. The lowest BCUT2D eigenvalue weighted by Crippen LogP contribution is -2.66. The van der Waals surface area contributed by atoms with Gasteiger partial charge in [-0.1, -0.05) is 92.2 Å². The van der Waals surface area contributed by atoms with E-state index in [0.29, 0.717) is 24.0 Å². The number of aliphatic hydroxyl groups excluding tert-OH is 1. The van der Waals surface area contributed by atoms with Crippen molar-refractivity contribution in [3.05, 3.63) is 23.3 Å². The van der Waals surface area contributed by atoms with E-state index in [4.69, 9.17) is 9.47 Å². The van der Waals surface area contributed by atoms with Crippen LogP contribution in [0.3, 0.4) is 0 Å². The molecule has 0 spiro atoms. The number of hydrogen-bond acceptors (Lipinski definition) is 8. The zero-order chi connectivity index (χ0) is 32.0. The molecule has 0 aliphatic heterocycles. The number of esters is 2. The molecule has 8 nitrogen and oxygen atoms in total. The van der Waals surface area contributed by atoms with E-state index >= 15 is 0 Å². The third kappa shape index (κ3) is 5.33. The second-order valence-corrected chi connectivity index (χ2v) is 14.4. The van der Waals surface area contributed by atoms with Crippen LogP contribution in [-0.4, -0.2) is 62.6 Å². The molecule has 0 amide bonds. The molecule has 0 aromatic rings. The predicted octanol–water partition coefficient (Wildman–Crippen LogP) is 5.22. The average Bonchev–Trinajstić information content (AvgIpc) is 3.39. The largest absolute Gasteiger partial charge is 0.458 e. The van der Waals surface area contributed by atoms with Crippen LogP contribution in [0.2, 0.25) is 0 Å². The first kappa shape index (κ1) is 33.9. The van der Waals surface area contributed by atoms with Gasteiger partial charge < -0.3 is 24.8 Å². The molecule has 0 radical (unpaired) electrons. The van der Waals surface area contributed by atoms with Crippen molar-refractivity contribution < 1.29 is 39.2 Å². The molecule has 0 bridgehead atoms. The Morgan fingerprint density at radius 1 is 1.05 bits per heavy atom. The van der Waals surface area contributed by atoms with Gasteiger partial charge in [-0.15, -0.1) is 0 Å². The Kier molecular flexibility index (Phi) is 9.76. The maximum absolute atomic E-state index is 13.4. The van der Waals surface area contributed by atoms with Crippen molar-refractivity contribution in [1.82, 2.24) is 0 Å². The number of ketones is 1. The fourth-order valence-corrected chi connectivity index (χ4v) is 8.68. The van der Waals surface area contributed by atoms with Crippen LogP contribution in [0.15, 0.2) is 23.3 Å². The highest BCUT2D eigenvalue weighted by molar-refractivity contribution is 6.04. The monoisotopic (exact) mass is 602 g/mol. The normalized spacial score (nSPS) is 38.1. The Morgan fingerprint density at radius 3 is 2.28 bits per heavy atom. The Balaban J connectivity index is 1.72. The topological polar surface area (TPSA) is 130 Å². The minimum Gasteiger partial charge on any atom is -0.458 e. The van der Waals surface area contributed by atoms with Gasteiger partial charge in [-0.3, -0.25) is 14.4 Å². The highest BCUT2D eigenvalue weighted by Gasteiger charge is 2.88. The third-order valence-electron chi connectivity index (χ3n) is 11.5. The van der Waals surface area contributed by atoms with Gasteiger partial charge in [0.2, 0.25) is 0 Å². The van der Waals surface area contributed by atoms with Crippen LogP contribution in [0.5, 0.6) is 0 Å². The van der Waals surface area contributed by atoms with E-state index in [2.05, 4.69) is 6.92 Å². The fourth-order valence-electron chi connectivity index (χ4n) is 8.68. The molecule has 43 heavy (non-hydrogen) atoms. The van der Waals surface area contributed by atoms with Crippen LogP contribution in [-0.2, 0) is 23.9 Å². The minimum absolute atomic E-state index is 0.109. The number of unbranched alkanes of at least 4 members (excludes halogenated alkanes) is 6. The summed E-state index contributed by atoms with van der Waals surface area (Å²) in [5.74, 6) is -4.57. The number of fused-ring (bicyclic) bond motifs is 5. The van der Waals surface area contributed by atoms with Gasteiger partial charge in [-0.2, -0.15) is 0 Å². The summed E-state index contributed by atoms with van der Waals surface area (Å²) in [7, 11) is 0. The molecule has 4 rings (SSSR count). The van der Waals surface area contributed by atoms with Crippen LogP contribution < -0.4 is 0 Å². The zero-order valence-electron chi connectivity index (χ0n) is 27.3. The van der Waals surface area contributed by atoms with Crippen molar-refractivity contribution in [1.29, 1.82) is 0 Å². The van der Waals surface area contributed by atoms with Crippen molar-refractivity contribution in [3.8, 4) is 0 Å². The number of carbonyl (C=O) groups excluding carboxylic acids is 3. The van der Waals surface area contributed by atoms with Gasteiger partial charge in [0, 0.05) is 41.9 Å². The number of hydrogen-bond donors (Lipinski definition) is 3. The van der Waals surface area contributed by atoms with E-state index in [1.165, 1.54) is 19.3 Å². The summed E-state index contributed by atoms with van der Waals surface area (Å²) in [6.07, 6.45) is 10.5. The molecule has 2 saturated carbocycles. The van der Waals surface area contributed by atoms with Crippen LogP contribution in [0.1, 0.15) is 113 Å². The Morgan fingerprint density at radius 2 is 1.67 bits per heavy atom. The first-order valence-electron chi connectivity index (χ1n) is 16.6. The molecular weight excluding hydrogens is 548 g/mol. The van der Waals surface area contributed by atoms with Gasteiger partial charge >= 0.3 is 11.9 Å². The standard InChI is InChI=1S/C35H54O8/c1-8-10-11-12-13-14-15-16-27(37)42-30-23(5)34(41)25(28-32(6,7)35(28,30)43-31(39)21(3)9-2)18-24(20-36)19-33(40)26(34)17-22(4)29(33)38/h17-18,21,23,25-26,28,30,36,40-41H,8-16,19-20H2,1-7H3/t21-,23-,25+,26-,28-,30-,33-,34-,35-/m1/s1. The Hall–Kier alpha value is -2.03. The van der Waals surface area contributed by atoms with Gasteiger partial charge in [0.05, 0.1) is 18.1 Å². The summed E-state index contributed by atoms with van der Waals surface area (Å²) >= 11 is 0. The number of Topliss-reactive ketones (excluding diaryl/α,β-unsaturated/α-hetero) is 1. The van der Waals surface area contributed by atoms with Crippen molar-refractivity contribution in [2.24, 2.45) is 35.0 Å². The van der Waals surface area contributed by atoms with E-state index < -0.39 is 63.7 Å². The SMILES string of the molecule is CCCCCCCCCC(=O)O[C@@H]1[C@@H](C)[C@@]2(O)[C@@H](C=C(CO)C[C@]3(O)C(=O)C(C)=C[C@@H]23)[C@@H]2C(C)(C)[C@]12OC(=O)[C@H](C)CC. The van der Waals surface area contributed by atoms with E-state index in [9.17, 15) is 29.7 Å². The number of ether oxygens (including phenoxy) is 2. The van der Waals surface area contributed by atoms with Crippen molar-refractivity contribution in [2.45, 2.75) is 136 Å². The van der Waals surface area contributed by atoms with Crippen LogP contribution in [0.25, 0.3) is 0 Å². The van der Waals surface area contributed by atoms with E-state index in [-0.39, 0.29) is 31.3 Å². The molecular formula is C35H54O8. The lowest BCUT2D eigenvalue weighted by Gasteiger charge is -2.53. The number of aliphatic hydroxyl groups is 3. The van der Waals surface area contributed by atoms with Gasteiger partial charge in [0.1, 0.15) is 11.7 Å². The molecule has 9 atom stereocenters. The molecule has 0 aromatic carbocycles. The summed E-state index contributed by atoms with van der Waals surface area (Å²) in [6.45, 7) is 12.8. The van der Waals surface area contributed by atoms with Crippen molar-refractivity contribution >= 4 is 17.7 Å². The maximum atomic E-state index is 13.4. The van der Waals surface area contributed by atoms with E-state index in [1.807, 2.05) is 20.8 Å². The van der Waals surface area contributed by atoms with Gasteiger partial charge in [-0.05, 0) is 30.9 Å². The summed E-state index contributed by atoms with van der Waals surface area (Å²) in [5, 5.41) is 35.0. The lowest BCUT2D eigenvalue weighted by molar-refractivity contribution is -0.230. The predicted molar refractivity (Wildman–Crippen MR) is 163 cm³/mol. The first-order chi connectivity index (χ1) is 20.2. The molecule has 0 aromatic heterocycles. The summed E-state index contributed by atoms with van der Waals surface area (Å²) in [4.78, 5) is 40.1. The van der Waals surface area contributed by atoms with E-state index in [0.717, 1.165) is 19.3 Å². The molecule has 0 heterocycles. The first-order valence-corrected chi connectivity index (χ1v) is 16.6. The molecule has 2 fully saturated rings. The fraction of sp³-hybridized carbons (Fsp3) is 0.800. The van der Waals surface area contributed by atoms with Crippen LogP contribution >= 0.6 is 0 Å². The highest BCUT2D eigenvalue weighted by Crippen LogP contribution is 2.77.